The van der Waals surface area contributed by atoms with E-state index in [0.717, 1.165) is 30.3 Å². The Morgan fingerprint density at radius 1 is 1.29 bits per heavy atom. The summed E-state index contributed by atoms with van der Waals surface area (Å²) in [7, 11) is 0. The van der Waals surface area contributed by atoms with Crippen molar-refractivity contribution < 1.29 is 19.1 Å². The van der Waals surface area contributed by atoms with Gasteiger partial charge in [-0.2, -0.15) is 0 Å². The normalized spacial score (nSPS) is 23.0. The lowest BCUT2D eigenvalue weighted by Gasteiger charge is -2.29. The first-order chi connectivity index (χ1) is 13.4. The molecule has 1 aromatic carbocycles. The Morgan fingerprint density at radius 3 is 2.68 bits per heavy atom. The molecule has 2 saturated heterocycles. The Bertz CT molecular complexity index is 863. The molecule has 0 radical (unpaired) electrons. The zero-order valence-corrected chi connectivity index (χ0v) is 15.8. The van der Waals surface area contributed by atoms with Crippen molar-refractivity contribution in [2.24, 2.45) is 11.8 Å². The fraction of sp³-hybridized carbons (Fsp3) is 0.400. The Balaban J connectivity index is 0.000000706. The first-order valence-corrected chi connectivity index (χ1v) is 9.09. The zero-order chi connectivity index (χ0) is 20.3. The molecule has 1 amide bonds. The Kier molecular flexibility index (Phi) is 5.87. The van der Waals surface area contributed by atoms with E-state index in [1.165, 1.54) is 6.07 Å². The number of nitrogens with zero attached hydrogens (tertiary/aromatic N) is 4. The van der Waals surface area contributed by atoms with Gasteiger partial charge in [-0.25, -0.2) is 14.4 Å². The van der Waals surface area contributed by atoms with E-state index >= 15 is 0 Å². The maximum Gasteiger partial charge on any atom is 0.290 e. The molecule has 3 atom stereocenters. The molecule has 0 aliphatic carbocycles. The molecule has 8 heteroatoms. The summed E-state index contributed by atoms with van der Waals surface area (Å²) in [5.41, 5.74) is 0.878. The van der Waals surface area contributed by atoms with E-state index in [2.05, 4.69) is 14.9 Å². The molecule has 2 fully saturated rings. The second kappa shape index (κ2) is 8.33. The average Bonchev–Trinajstić information content (AvgIpc) is 3.20. The van der Waals surface area contributed by atoms with Gasteiger partial charge in [0.15, 0.2) is 0 Å². The van der Waals surface area contributed by atoms with E-state index < -0.39 is 0 Å². The number of hydrogen-bond donors (Lipinski definition) is 1. The van der Waals surface area contributed by atoms with Crippen molar-refractivity contribution in [3.05, 3.63) is 53.7 Å². The molecule has 0 unspecified atom stereocenters. The number of carbonyl (C=O) groups excluding carboxylic acids is 1. The topological polar surface area (TPSA) is 86.6 Å². The standard InChI is InChI=1S/C19H21FN4O.CH2O2/c1-12-21-7-6-18(22-12)23-9-15-10-24(13(2)25)19(17(15)11-23)14-4-3-5-16(20)8-14;2-1-3/h3-8,15,17,19H,9-11H2,1-2H3;1H,(H,2,3)/t15-,17-,19-;/m1./s1. The predicted molar refractivity (Wildman–Crippen MR) is 101 cm³/mol. The number of hydrogen-bond acceptors (Lipinski definition) is 5. The van der Waals surface area contributed by atoms with Crippen molar-refractivity contribution >= 4 is 18.2 Å². The first kappa shape index (κ1) is 19.7. The lowest BCUT2D eigenvalue weighted by atomic mass is 9.89. The van der Waals surface area contributed by atoms with Gasteiger partial charge in [-0.15, -0.1) is 0 Å². The van der Waals surface area contributed by atoms with Crippen LogP contribution in [0.5, 0.6) is 0 Å². The summed E-state index contributed by atoms with van der Waals surface area (Å²) in [5, 5.41) is 6.89. The molecule has 3 heterocycles. The smallest absolute Gasteiger partial charge is 0.290 e. The van der Waals surface area contributed by atoms with Gasteiger partial charge in [-0.05, 0) is 30.7 Å². The summed E-state index contributed by atoms with van der Waals surface area (Å²) < 4.78 is 13.7. The number of halogens is 1. The van der Waals surface area contributed by atoms with Gasteiger partial charge in [-0.3, -0.25) is 9.59 Å². The number of aryl methyl sites for hydroxylation is 1. The van der Waals surface area contributed by atoms with Crippen molar-refractivity contribution in [1.82, 2.24) is 14.9 Å². The van der Waals surface area contributed by atoms with Crippen LogP contribution in [0.25, 0.3) is 0 Å². The van der Waals surface area contributed by atoms with Crippen LogP contribution in [0.3, 0.4) is 0 Å². The molecule has 4 rings (SSSR count). The van der Waals surface area contributed by atoms with Crippen molar-refractivity contribution in [3.63, 3.8) is 0 Å². The molecule has 28 heavy (non-hydrogen) atoms. The van der Waals surface area contributed by atoms with E-state index in [1.807, 2.05) is 24.0 Å². The molecular formula is C20H23FN4O3. The number of fused-ring (bicyclic) bond motifs is 1. The highest BCUT2D eigenvalue weighted by molar-refractivity contribution is 5.74. The lowest BCUT2D eigenvalue weighted by Crippen LogP contribution is -2.34. The molecule has 2 aliphatic heterocycles. The van der Waals surface area contributed by atoms with Crippen LogP contribution in [0.2, 0.25) is 0 Å². The molecule has 0 bridgehead atoms. The van der Waals surface area contributed by atoms with Crippen LogP contribution < -0.4 is 4.90 Å². The number of aromatic nitrogens is 2. The number of benzene rings is 1. The van der Waals surface area contributed by atoms with E-state index in [9.17, 15) is 9.18 Å². The Hall–Kier alpha value is -3.03. The second-order valence-corrected chi connectivity index (χ2v) is 7.07. The minimum atomic E-state index is -0.259. The summed E-state index contributed by atoms with van der Waals surface area (Å²) in [6.07, 6.45) is 1.78. The van der Waals surface area contributed by atoms with E-state index in [1.54, 1.807) is 25.3 Å². The lowest BCUT2D eigenvalue weighted by molar-refractivity contribution is -0.130. The molecular weight excluding hydrogens is 363 g/mol. The van der Waals surface area contributed by atoms with E-state index in [4.69, 9.17) is 9.90 Å². The number of likely N-dealkylation sites (tertiary alicyclic amines) is 1. The fourth-order valence-corrected chi connectivity index (χ4v) is 4.29. The highest BCUT2D eigenvalue weighted by Crippen LogP contribution is 2.45. The van der Waals surface area contributed by atoms with E-state index in [-0.39, 0.29) is 30.2 Å². The third kappa shape index (κ3) is 3.95. The third-order valence-corrected chi connectivity index (χ3v) is 5.34. The average molecular weight is 386 g/mol. The quantitative estimate of drug-likeness (QED) is 0.797. The predicted octanol–water partition coefficient (Wildman–Crippen LogP) is 2.28. The van der Waals surface area contributed by atoms with Crippen molar-refractivity contribution in [3.8, 4) is 0 Å². The summed E-state index contributed by atoms with van der Waals surface area (Å²) in [6.45, 7) is 5.61. The van der Waals surface area contributed by atoms with Crippen LogP contribution >= 0.6 is 0 Å². The van der Waals surface area contributed by atoms with Crippen LogP contribution in [0.4, 0.5) is 10.2 Å². The largest absolute Gasteiger partial charge is 0.483 e. The maximum atomic E-state index is 13.7. The van der Waals surface area contributed by atoms with Gasteiger partial charge < -0.3 is 14.9 Å². The van der Waals surface area contributed by atoms with Gasteiger partial charge in [0.25, 0.3) is 6.47 Å². The highest BCUT2D eigenvalue weighted by atomic mass is 19.1. The summed E-state index contributed by atoms with van der Waals surface area (Å²) in [5.74, 6) is 2.11. The second-order valence-electron chi connectivity index (χ2n) is 7.07. The Labute approximate surface area is 162 Å². The van der Waals surface area contributed by atoms with Gasteiger partial charge in [0, 0.05) is 44.6 Å². The molecule has 2 aromatic rings. The molecule has 1 N–H and O–H groups in total. The van der Waals surface area contributed by atoms with Gasteiger partial charge in [0.2, 0.25) is 5.91 Å². The summed E-state index contributed by atoms with van der Waals surface area (Å²) in [4.78, 5) is 33.3. The third-order valence-electron chi connectivity index (χ3n) is 5.34. The minimum Gasteiger partial charge on any atom is -0.483 e. The molecule has 1 aromatic heterocycles. The fourth-order valence-electron chi connectivity index (χ4n) is 4.29. The minimum absolute atomic E-state index is 0.0492. The van der Waals surface area contributed by atoms with Gasteiger partial charge in [-0.1, -0.05) is 12.1 Å². The highest BCUT2D eigenvalue weighted by Gasteiger charge is 2.48. The van der Waals surface area contributed by atoms with Crippen molar-refractivity contribution in [2.45, 2.75) is 19.9 Å². The summed E-state index contributed by atoms with van der Waals surface area (Å²) >= 11 is 0. The van der Waals surface area contributed by atoms with Crippen LogP contribution in [0, 0.1) is 24.6 Å². The molecule has 0 saturated carbocycles. The monoisotopic (exact) mass is 386 g/mol. The van der Waals surface area contributed by atoms with Crippen LogP contribution in [0.15, 0.2) is 36.5 Å². The SMILES string of the molecule is CC(=O)N1C[C@H]2CN(c3ccnc(C)n3)C[C@H]2[C@H]1c1cccc(F)c1.O=CO. The molecule has 148 valence electrons. The summed E-state index contributed by atoms with van der Waals surface area (Å²) in [6, 6.07) is 8.49. The number of carboxylic acid groups (broad SMARTS) is 1. The van der Waals surface area contributed by atoms with Crippen molar-refractivity contribution in [2.75, 3.05) is 24.5 Å². The first-order valence-electron chi connectivity index (χ1n) is 9.09. The maximum absolute atomic E-state index is 13.7. The van der Waals surface area contributed by atoms with Crippen LogP contribution in [0.1, 0.15) is 24.4 Å². The molecule has 0 spiro atoms. The number of anilines is 1. The van der Waals surface area contributed by atoms with Gasteiger partial charge in [0.05, 0.1) is 6.04 Å². The molecule has 7 nitrogen and oxygen atoms in total. The van der Waals surface area contributed by atoms with Gasteiger partial charge >= 0.3 is 0 Å². The number of carbonyl (C=O) groups is 2. The van der Waals surface area contributed by atoms with Crippen LogP contribution in [-0.4, -0.2) is 52.0 Å². The zero-order valence-electron chi connectivity index (χ0n) is 15.8. The van der Waals surface area contributed by atoms with Gasteiger partial charge in [0.1, 0.15) is 17.5 Å². The number of amides is 1. The van der Waals surface area contributed by atoms with Crippen LogP contribution in [-0.2, 0) is 9.59 Å². The number of rotatable bonds is 2. The Morgan fingerprint density at radius 2 is 2.04 bits per heavy atom. The van der Waals surface area contributed by atoms with E-state index in [0.29, 0.717) is 12.5 Å². The van der Waals surface area contributed by atoms with Crippen molar-refractivity contribution in [1.29, 1.82) is 0 Å². The molecule has 2 aliphatic rings.